The van der Waals surface area contributed by atoms with E-state index in [1.54, 1.807) is 53.9 Å². The smallest absolute Gasteiger partial charge is 0.353 e. The van der Waals surface area contributed by atoms with Gasteiger partial charge in [0.1, 0.15) is 10.5 Å². The van der Waals surface area contributed by atoms with Crippen LogP contribution < -0.4 is 10.2 Å². The Morgan fingerprint density at radius 1 is 1.04 bits per heavy atom. The number of carbonyl (C=O) groups excluding carboxylic acids is 1. The second-order valence-corrected chi connectivity index (χ2v) is 5.88. The summed E-state index contributed by atoms with van der Waals surface area (Å²) in [6.45, 7) is 0. The van der Waals surface area contributed by atoms with Gasteiger partial charge in [0.25, 0.3) is 0 Å². The van der Waals surface area contributed by atoms with E-state index in [4.69, 9.17) is 13.6 Å². The van der Waals surface area contributed by atoms with Crippen LogP contribution in [-0.4, -0.2) is 5.97 Å². The van der Waals surface area contributed by atoms with Crippen LogP contribution in [0.15, 0.2) is 73.8 Å². The minimum atomic E-state index is -0.611. The summed E-state index contributed by atoms with van der Waals surface area (Å²) < 4.78 is 16.4. The van der Waals surface area contributed by atoms with Crippen molar-refractivity contribution in [1.82, 2.24) is 0 Å². The van der Waals surface area contributed by atoms with Gasteiger partial charge < -0.3 is 13.6 Å². The summed E-state index contributed by atoms with van der Waals surface area (Å²) in [4.78, 5) is 25.4. The summed E-state index contributed by atoms with van der Waals surface area (Å²) in [6, 6.07) is 13.4. The van der Waals surface area contributed by atoms with Crippen LogP contribution in [0.25, 0.3) is 22.5 Å². The van der Waals surface area contributed by atoms with Crippen LogP contribution in [-0.2, 0) is 0 Å². The molecule has 6 heteroatoms. The molecule has 4 rings (SSSR count). The number of rotatable bonds is 3. The SMILES string of the molecule is O=C(Oc1c(-c2ccco2)oc2ccccc2c1=O)c1cccs1. The lowest BCUT2D eigenvalue weighted by atomic mass is 10.2. The summed E-state index contributed by atoms with van der Waals surface area (Å²) >= 11 is 1.23. The fourth-order valence-corrected chi connectivity index (χ4v) is 2.92. The van der Waals surface area contributed by atoms with Gasteiger partial charge in [-0.05, 0) is 35.7 Å². The molecule has 0 bridgehead atoms. The number of benzene rings is 1. The van der Waals surface area contributed by atoms with E-state index in [2.05, 4.69) is 0 Å². The molecule has 0 fully saturated rings. The van der Waals surface area contributed by atoms with Gasteiger partial charge >= 0.3 is 5.97 Å². The molecule has 0 unspecified atom stereocenters. The van der Waals surface area contributed by atoms with Crippen LogP contribution in [0.3, 0.4) is 0 Å². The predicted molar refractivity (Wildman–Crippen MR) is 89.5 cm³/mol. The molecule has 5 nitrogen and oxygen atoms in total. The largest absolute Gasteiger partial charge is 0.461 e. The quantitative estimate of drug-likeness (QED) is 0.520. The molecule has 0 atom stereocenters. The number of thiophene rings is 1. The number of ether oxygens (including phenoxy) is 1. The number of para-hydroxylation sites is 1. The van der Waals surface area contributed by atoms with Crippen LogP contribution in [0, 0.1) is 0 Å². The Morgan fingerprint density at radius 3 is 2.67 bits per heavy atom. The van der Waals surface area contributed by atoms with E-state index in [0.29, 0.717) is 21.6 Å². The summed E-state index contributed by atoms with van der Waals surface area (Å²) in [6.07, 6.45) is 1.45. The fraction of sp³-hybridized carbons (Fsp3) is 0. The Balaban J connectivity index is 1.92. The van der Waals surface area contributed by atoms with Gasteiger partial charge in [-0.3, -0.25) is 4.79 Å². The summed E-state index contributed by atoms with van der Waals surface area (Å²) in [5, 5.41) is 2.09. The predicted octanol–water partition coefficient (Wildman–Crippen LogP) is 4.33. The first-order chi connectivity index (χ1) is 11.7. The first-order valence-corrected chi connectivity index (χ1v) is 7.97. The van der Waals surface area contributed by atoms with Crippen LogP contribution in [0.5, 0.6) is 5.75 Å². The van der Waals surface area contributed by atoms with E-state index in [-0.39, 0.29) is 11.5 Å². The van der Waals surface area contributed by atoms with E-state index in [1.807, 2.05) is 0 Å². The lowest BCUT2D eigenvalue weighted by Crippen LogP contribution is -2.15. The van der Waals surface area contributed by atoms with Crippen molar-refractivity contribution in [1.29, 1.82) is 0 Å². The molecule has 3 aromatic heterocycles. The van der Waals surface area contributed by atoms with Crippen LogP contribution >= 0.6 is 11.3 Å². The third-order valence-corrected chi connectivity index (χ3v) is 4.27. The summed E-state index contributed by atoms with van der Waals surface area (Å²) in [5.41, 5.74) is -0.0296. The first kappa shape index (κ1) is 14.5. The molecule has 0 aliphatic heterocycles. The first-order valence-electron chi connectivity index (χ1n) is 7.09. The molecule has 0 aliphatic rings. The zero-order valence-electron chi connectivity index (χ0n) is 12.2. The van der Waals surface area contributed by atoms with Crippen molar-refractivity contribution in [2.75, 3.05) is 0 Å². The third kappa shape index (κ3) is 2.43. The zero-order valence-corrected chi connectivity index (χ0v) is 13.0. The highest BCUT2D eigenvalue weighted by Gasteiger charge is 2.22. The average Bonchev–Trinajstić information content (AvgIpc) is 3.31. The molecule has 0 saturated heterocycles. The Kier molecular flexibility index (Phi) is 3.51. The Hall–Kier alpha value is -3.12. The lowest BCUT2D eigenvalue weighted by Gasteiger charge is -2.08. The van der Waals surface area contributed by atoms with Crippen LogP contribution in [0.1, 0.15) is 9.67 Å². The van der Waals surface area contributed by atoms with Crippen molar-refractivity contribution in [3.63, 3.8) is 0 Å². The Labute approximate surface area is 139 Å². The minimum absolute atomic E-state index is 0.0913. The van der Waals surface area contributed by atoms with Gasteiger partial charge in [0.05, 0.1) is 11.6 Å². The maximum Gasteiger partial charge on any atom is 0.353 e. The minimum Gasteiger partial charge on any atom is -0.461 e. The van der Waals surface area contributed by atoms with Gasteiger partial charge in [0.2, 0.25) is 16.9 Å². The molecule has 0 saturated carbocycles. The van der Waals surface area contributed by atoms with Crippen molar-refractivity contribution in [2.45, 2.75) is 0 Å². The lowest BCUT2D eigenvalue weighted by molar-refractivity contribution is 0.0736. The highest BCUT2D eigenvalue weighted by molar-refractivity contribution is 7.12. The van der Waals surface area contributed by atoms with Gasteiger partial charge in [0.15, 0.2) is 5.76 Å². The molecule has 0 radical (unpaired) electrons. The highest BCUT2D eigenvalue weighted by Crippen LogP contribution is 2.31. The Morgan fingerprint density at radius 2 is 1.92 bits per heavy atom. The van der Waals surface area contributed by atoms with E-state index >= 15 is 0 Å². The van der Waals surface area contributed by atoms with Gasteiger partial charge in [0, 0.05) is 0 Å². The molecule has 118 valence electrons. The maximum absolute atomic E-state index is 12.8. The van der Waals surface area contributed by atoms with E-state index in [9.17, 15) is 9.59 Å². The molecule has 1 aromatic carbocycles. The molecule has 4 aromatic rings. The van der Waals surface area contributed by atoms with Crippen molar-refractivity contribution >= 4 is 28.3 Å². The third-order valence-electron chi connectivity index (χ3n) is 3.42. The van der Waals surface area contributed by atoms with E-state index in [0.717, 1.165) is 0 Å². The zero-order chi connectivity index (χ0) is 16.5. The van der Waals surface area contributed by atoms with Crippen molar-refractivity contribution in [2.24, 2.45) is 0 Å². The van der Waals surface area contributed by atoms with Crippen LogP contribution in [0.4, 0.5) is 0 Å². The average molecular weight is 338 g/mol. The molecule has 0 N–H and O–H groups in total. The maximum atomic E-state index is 12.8. The topological polar surface area (TPSA) is 69.7 Å². The number of esters is 1. The normalized spacial score (nSPS) is 10.8. The number of hydrogen-bond donors (Lipinski definition) is 0. The molecular formula is C18H10O5S. The summed E-state index contributed by atoms with van der Waals surface area (Å²) in [7, 11) is 0. The van der Waals surface area contributed by atoms with E-state index < -0.39 is 11.4 Å². The summed E-state index contributed by atoms with van der Waals surface area (Å²) in [5.74, 6) is -0.386. The number of hydrogen-bond acceptors (Lipinski definition) is 6. The molecule has 0 amide bonds. The molecule has 3 heterocycles. The highest BCUT2D eigenvalue weighted by atomic mass is 32.1. The molecule has 24 heavy (non-hydrogen) atoms. The van der Waals surface area contributed by atoms with Crippen LogP contribution in [0.2, 0.25) is 0 Å². The Bertz CT molecular complexity index is 1060. The number of furan rings is 1. The second kappa shape index (κ2) is 5.82. The standard InChI is InChI=1S/C18H10O5S/c19-15-11-5-1-2-6-12(11)22-16(13-7-3-9-21-13)17(15)23-18(20)14-8-4-10-24-14/h1-10H. The second-order valence-electron chi connectivity index (χ2n) is 4.93. The molecule has 0 spiro atoms. The van der Waals surface area contributed by atoms with Crippen molar-refractivity contribution < 1.29 is 18.4 Å². The number of carbonyl (C=O) groups is 1. The molecular weight excluding hydrogens is 328 g/mol. The van der Waals surface area contributed by atoms with Gasteiger partial charge in [-0.15, -0.1) is 11.3 Å². The number of fused-ring (bicyclic) bond motifs is 1. The van der Waals surface area contributed by atoms with E-state index in [1.165, 1.54) is 17.6 Å². The van der Waals surface area contributed by atoms with Gasteiger partial charge in [-0.2, -0.15) is 0 Å². The van der Waals surface area contributed by atoms with Crippen molar-refractivity contribution in [3.8, 4) is 17.3 Å². The fourth-order valence-electron chi connectivity index (χ4n) is 2.33. The van der Waals surface area contributed by atoms with Gasteiger partial charge in [-0.25, -0.2) is 4.79 Å². The monoisotopic (exact) mass is 338 g/mol. The molecule has 0 aliphatic carbocycles. The van der Waals surface area contributed by atoms with Crippen molar-refractivity contribution in [3.05, 3.63) is 75.3 Å². The van der Waals surface area contributed by atoms with Gasteiger partial charge in [-0.1, -0.05) is 18.2 Å².